The van der Waals surface area contributed by atoms with E-state index in [9.17, 15) is 19.5 Å². The number of benzene rings is 2. The fraction of sp³-hybridized carbons (Fsp3) is 0.348. The second-order valence-electron chi connectivity index (χ2n) is 7.85. The van der Waals surface area contributed by atoms with Crippen LogP contribution in [0.5, 0.6) is 0 Å². The largest absolute Gasteiger partial charge is 0.480 e. The summed E-state index contributed by atoms with van der Waals surface area (Å²) < 4.78 is 10.3. The molecule has 8 heteroatoms. The quantitative estimate of drug-likeness (QED) is 0.599. The molecule has 0 saturated heterocycles. The molecule has 0 aromatic heterocycles. The fourth-order valence-corrected chi connectivity index (χ4v) is 4.00. The molecular formula is C23H24N2O6. The molecule has 2 aromatic carbocycles. The summed E-state index contributed by atoms with van der Waals surface area (Å²) in [5, 5.41) is 14.2. The van der Waals surface area contributed by atoms with Crippen molar-refractivity contribution in [1.29, 1.82) is 0 Å². The van der Waals surface area contributed by atoms with Gasteiger partial charge >= 0.3 is 12.1 Å². The molecule has 0 bridgehead atoms. The van der Waals surface area contributed by atoms with E-state index in [0.717, 1.165) is 22.3 Å². The smallest absolute Gasteiger partial charge is 0.408 e. The molecule has 2 aromatic rings. The van der Waals surface area contributed by atoms with Crippen LogP contribution in [0.15, 0.2) is 48.5 Å². The van der Waals surface area contributed by atoms with Crippen LogP contribution < -0.4 is 10.6 Å². The number of ether oxygens (including phenoxy) is 2. The van der Waals surface area contributed by atoms with Crippen molar-refractivity contribution in [3.8, 4) is 11.1 Å². The first-order chi connectivity index (χ1) is 14.9. The Morgan fingerprint density at radius 2 is 1.65 bits per heavy atom. The Morgan fingerprint density at radius 3 is 2.16 bits per heavy atom. The Balaban J connectivity index is 1.39. The zero-order chi connectivity index (χ0) is 22.0. The average Bonchev–Trinajstić information content (AvgIpc) is 3.47. The number of aliphatic carboxylic acids is 1. The van der Waals surface area contributed by atoms with Gasteiger partial charge in [0.2, 0.25) is 5.91 Å². The van der Waals surface area contributed by atoms with E-state index in [2.05, 4.69) is 22.8 Å². The maximum absolute atomic E-state index is 12.5. The molecule has 31 heavy (non-hydrogen) atoms. The second kappa shape index (κ2) is 8.39. The van der Waals surface area contributed by atoms with Gasteiger partial charge in [0, 0.05) is 13.0 Å². The van der Waals surface area contributed by atoms with Gasteiger partial charge in [-0.15, -0.1) is 0 Å². The highest BCUT2D eigenvalue weighted by molar-refractivity contribution is 5.95. The zero-order valence-corrected chi connectivity index (χ0v) is 17.1. The number of rotatable bonds is 8. The third-order valence-electron chi connectivity index (χ3n) is 5.81. The lowest BCUT2D eigenvalue weighted by atomic mass is 9.98. The summed E-state index contributed by atoms with van der Waals surface area (Å²) in [6.07, 6.45) is 0.137. The van der Waals surface area contributed by atoms with Crippen molar-refractivity contribution in [2.45, 2.75) is 30.3 Å². The second-order valence-corrected chi connectivity index (χ2v) is 7.85. The zero-order valence-electron chi connectivity index (χ0n) is 17.1. The molecule has 0 heterocycles. The molecule has 1 saturated carbocycles. The molecule has 0 aliphatic heterocycles. The van der Waals surface area contributed by atoms with Gasteiger partial charge in [-0.05, 0) is 35.1 Å². The van der Waals surface area contributed by atoms with Crippen molar-refractivity contribution in [1.82, 2.24) is 10.6 Å². The minimum Gasteiger partial charge on any atom is -0.480 e. The van der Waals surface area contributed by atoms with Crippen LogP contribution in [-0.2, 0) is 19.1 Å². The van der Waals surface area contributed by atoms with Gasteiger partial charge in [0.25, 0.3) is 0 Å². The van der Waals surface area contributed by atoms with Gasteiger partial charge in [0.1, 0.15) is 12.1 Å². The van der Waals surface area contributed by atoms with Crippen LogP contribution in [0.2, 0.25) is 0 Å². The third kappa shape index (κ3) is 4.11. The van der Waals surface area contributed by atoms with Gasteiger partial charge in [-0.1, -0.05) is 48.5 Å². The molecule has 2 aliphatic rings. The minimum absolute atomic E-state index is 0.0831. The summed E-state index contributed by atoms with van der Waals surface area (Å²) in [7, 11) is 1.35. The topological polar surface area (TPSA) is 114 Å². The van der Waals surface area contributed by atoms with E-state index < -0.39 is 29.6 Å². The van der Waals surface area contributed by atoms with E-state index in [1.165, 1.54) is 7.11 Å². The summed E-state index contributed by atoms with van der Waals surface area (Å²) in [6, 6.07) is 14.9. The number of alkyl carbamates (subject to hydrolysis) is 1. The van der Waals surface area contributed by atoms with Gasteiger partial charge in [-0.2, -0.15) is 0 Å². The number of amides is 2. The van der Waals surface area contributed by atoms with Crippen LogP contribution in [-0.4, -0.2) is 55.0 Å². The standard InChI is InChI=1S/C23H24N2O6/c1-30-13-19(20(26)27)24-21(28)23(10-11-23)25-22(29)31-12-18-16-8-4-2-6-14(16)15-7-3-5-9-17(15)18/h2-9,18-19H,10-13H2,1H3,(H,24,28)(H,25,29)(H,26,27). The average molecular weight is 424 g/mol. The normalized spacial score (nSPS) is 16.5. The lowest BCUT2D eigenvalue weighted by molar-refractivity contribution is -0.143. The van der Waals surface area contributed by atoms with Crippen molar-refractivity contribution in [3.05, 3.63) is 59.7 Å². The first kappa shape index (κ1) is 20.9. The highest BCUT2D eigenvalue weighted by Gasteiger charge is 2.52. The van der Waals surface area contributed by atoms with E-state index in [-0.39, 0.29) is 19.1 Å². The number of nitrogens with one attached hydrogen (secondary N) is 2. The molecule has 8 nitrogen and oxygen atoms in total. The van der Waals surface area contributed by atoms with Crippen LogP contribution >= 0.6 is 0 Å². The molecule has 1 atom stereocenters. The highest BCUT2D eigenvalue weighted by Crippen LogP contribution is 2.44. The molecular weight excluding hydrogens is 400 g/mol. The fourth-order valence-electron chi connectivity index (χ4n) is 4.00. The van der Waals surface area contributed by atoms with Crippen LogP contribution in [0.3, 0.4) is 0 Å². The van der Waals surface area contributed by atoms with Crippen molar-refractivity contribution in [2.24, 2.45) is 0 Å². The van der Waals surface area contributed by atoms with E-state index in [1.807, 2.05) is 36.4 Å². The third-order valence-corrected chi connectivity index (χ3v) is 5.81. The molecule has 0 radical (unpaired) electrons. The molecule has 0 spiro atoms. The molecule has 2 aliphatic carbocycles. The Morgan fingerprint density at radius 1 is 1.06 bits per heavy atom. The molecule has 1 fully saturated rings. The maximum Gasteiger partial charge on any atom is 0.408 e. The van der Waals surface area contributed by atoms with Crippen molar-refractivity contribution >= 4 is 18.0 Å². The first-order valence-electron chi connectivity index (χ1n) is 10.1. The van der Waals surface area contributed by atoms with Crippen LogP contribution in [0, 0.1) is 0 Å². The summed E-state index contributed by atoms with van der Waals surface area (Å²) in [5.74, 6) is -1.84. The summed E-state index contributed by atoms with van der Waals surface area (Å²) in [5.41, 5.74) is 3.31. The van der Waals surface area contributed by atoms with Crippen molar-refractivity contribution in [2.75, 3.05) is 20.3 Å². The van der Waals surface area contributed by atoms with Gasteiger partial charge < -0.3 is 25.2 Å². The first-order valence-corrected chi connectivity index (χ1v) is 10.1. The van der Waals surface area contributed by atoms with Crippen molar-refractivity contribution < 1.29 is 29.0 Å². The number of carboxylic acids is 1. The summed E-state index contributed by atoms with van der Waals surface area (Å²) in [6.45, 7) is -0.0267. The van der Waals surface area contributed by atoms with E-state index in [0.29, 0.717) is 12.8 Å². The molecule has 1 unspecified atom stereocenters. The number of carbonyl (C=O) groups excluding carboxylic acids is 2. The Hall–Kier alpha value is -3.39. The van der Waals surface area contributed by atoms with Crippen LogP contribution in [0.4, 0.5) is 4.79 Å². The minimum atomic E-state index is -1.20. The predicted octanol–water partition coefficient (Wildman–Crippen LogP) is 2.27. The summed E-state index contributed by atoms with van der Waals surface area (Å²) in [4.78, 5) is 36.3. The predicted molar refractivity (Wildman–Crippen MR) is 112 cm³/mol. The van der Waals surface area contributed by atoms with Gasteiger partial charge in [0.05, 0.1) is 6.61 Å². The Kier molecular flexibility index (Phi) is 5.65. The van der Waals surface area contributed by atoms with E-state index in [4.69, 9.17) is 9.47 Å². The lowest BCUT2D eigenvalue weighted by Crippen LogP contribution is -2.54. The summed E-state index contributed by atoms with van der Waals surface area (Å²) >= 11 is 0. The van der Waals surface area contributed by atoms with Gasteiger partial charge in [-0.3, -0.25) is 4.79 Å². The SMILES string of the molecule is COCC(NC(=O)C1(NC(=O)OCC2c3ccccc3-c3ccccc32)CC1)C(=O)O. The Bertz CT molecular complexity index is 971. The Labute approximate surface area is 179 Å². The number of carbonyl (C=O) groups is 3. The monoisotopic (exact) mass is 424 g/mol. The van der Waals surface area contributed by atoms with Gasteiger partial charge in [-0.25, -0.2) is 9.59 Å². The van der Waals surface area contributed by atoms with Gasteiger partial charge in [0.15, 0.2) is 6.04 Å². The molecule has 2 amide bonds. The number of carboxylic acid groups (broad SMARTS) is 1. The van der Waals surface area contributed by atoms with Crippen LogP contribution in [0.25, 0.3) is 11.1 Å². The van der Waals surface area contributed by atoms with Crippen LogP contribution in [0.1, 0.15) is 29.9 Å². The van der Waals surface area contributed by atoms with E-state index >= 15 is 0 Å². The number of fused-ring (bicyclic) bond motifs is 3. The molecule has 162 valence electrons. The maximum atomic E-state index is 12.5. The molecule has 4 rings (SSSR count). The number of hydrogen-bond acceptors (Lipinski definition) is 5. The molecule has 3 N–H and O–H groups in total. The number of methoxy groups -OCH3 is 1. The lowest BCUT2D eigenvalue weighted by Gasteiger charge is -2.21. The number of hydrogen-bond donors (Lipinski definition) is 3. The van der Waals surface area contributed by atoms with Crippen molar-refractivity contribution in [3.63, 3.8) is 0 Å². The van der Waals surface area contributed by atoms with E-state index in [1.54, 1.807) is 0 Å². The highest BCUT2D eigenvalue weighted by atomic mass is 16.5.